The lowest BCUT2D eigenvalue weighted by atomic mass is 9.86. The van der Waals surface area contributed by atoms with Crippen molar-refractivity contribution in [3.05, 3.63) is 48.0 Å². The van der Waals surface area contributed by atoms with Crippen LogP contribution in [0.25, 0.3) is 10.9 Å². The number of benzene rings is 1. The molecule has 0 aliphatic carbocycles. The maximum absolute atomic E-state index is 14.7. The summed E-state index contributed by atoms with van der Waals surface area (Å²) in [6.45, 7) is 8.67. The normalized spacial score (nSPS) is 23.5. The predicted octanol–water partition coefficient (Wildman–Crippen LogP) is 4.23. The van der Waals surface area contributed by atoms with E-state index in [9.17, 15) is 12.8 Å². The maximum atomic E-state index is 14.7. The number of ether oxygens (including phenoxy) is 2. The molecule has 4 heterocycles. The Hall–Kier alpha value is -3.91. The van der Waals surface area contributed by atoms with Gasteiger partial charge in [0, 0.05) is 23.1 Å². The van der Waals surface area contributed by atoms with Crippen molar-refractivity contribution in [1.82, 2.24) is 9.97 Å². The molecule has 0 saturated heterocycles. The van der Waals surface area contributed by atoms with Crippen LogP contribution in [0.15, 0.2) is 41.7 Å². The number of sulfone groups is 1. The third kappa shape index (κ3) is 4.33. The average molecular weight is 552 g/mol. The molecular weight excluding hydrogens is 521 g/mol. The Morgan fingerprint density at radius 3 is 2.74 bits per heavy atom. The smallest absolute Gasteiger partial charge is 0.168 e. The number of nitrogens with two attached hydrogens (primary N) is 1. The number of anilines is 2. The Labute approximate surface area is 227 Å². The molecule has 0 bridgehead atoms. The van der Waals surface area contributed by atoms with Gasteiger partial charge in [-0.15, -0.1) is 5.92 Å². The molecule has 0 unspecified atom stereocenters. The molecule has 11 heteroatoms. The molecule has 0 saturated carbocycles. The lowest BCUT2D eigenvalue weighted by Gasteiger charge is -2.43. The minimum Gasteiger partial charge on any atom is -0.493 e. The van der Waals surface area contributed by atoms with Crippen LogP contribution in [0.4, 0.5) is 15.9 Å². The second kappa shape index (κ2) is 9.38. The van der Waals surface area contributed by atoms with Crippen molar-refractivity contribution in [2.75, 3.05) is 11.9 Å². The van der Waals surface area contributed by atoms with Gasteiger partial charge in [-0.3, -0.25) is 4.99 Å². The van der Waals surface area contributed by atoms with Crippen LogP contribution in [0, 0.1) is 17.7 Å². The zero-order valence-corrected chi connectivity index (χ0v) is 23.2. The molecule has 3 N–H and O–H groups in total. The summed E-state index contributed by atoms with van der Waals surface area (Å²) in [5.74, 6) is 6.39. The van der Waals surface area contributed by atoms with E-state index in [2.05, 4.69) is 27.1 Å². The van der Waals surface area contributed by atoms with Crippen molar-refractivity contribution in [3.8, 4) is 23.3 Å². The average Bonchev–Trinajstić information content (AvgIpc) is 3.02. The van der Waals surface area contributed by atoms with Gasteiger partial charge in [-0.1, -0.05) is 5.92 Å². The van der Waals surface area contributed by atoms with E-state index < -0.39 is 31.2 Å². The number of aromatic nitrogens is 2. The summed E-state index contributed by atoms with van der Waals surface area (Å²) in [6.07, 6.45) is 2.49. The first-order valence-electron chi connectivity index (χ1n) is 12.5. The van der Waals surface area contributed by atoms with Crippen molar-refractivity contribution < 1.29 is 22.3 Å². The first-order chi connectivity index (χ1) is 18.4. The highest BCUT2D eigenvalue weighted by Gasteiger charge is 2.57. The Morgan fingerprint density at radius 1 is 1.23 bits per heavy atom. The zero-order valence-electron chi connectivity index (χ0n) is 22.4. The maximum Gasteiger partial charge on any atom is 0.168 e. The number of nitrogens with zero attached hydrogens (tertiary/aromatic N) is 3. The molecule has 3 aromatic rings. The lowest BCUT2D eigenvalue weighted by Crippen LogP contribution is -2.59. The molecular formula is C28H30FN5O4S. The van der Waals surface area contributed by atoms with Gasteiger partial charge in [0.1, 0.15) is 33.1 Å². The van der Waals surface area contributed by atoms with Gasteiger partial charge in [0.25, 0.3) is 0 Å². The molecule has 3 atom stereocenters. The number of rotatable bonds is 4. The highest BCUT2D eigenvalue weighted by molar-refractivity contribution is 7.94. The minimum atomic E-state index is -3.70. The molecule has 5 rings (SSSR count). The number of nitrogens with one attached hydrogen (secondary N) is 1. The highest BCUT2D eigenvalue weighted by Crippen LogP contribution is 2.48. The van der Waals surface area contributed by atoms with Crippen LogP contribution in [0.2, 0.25) is 0 Å². The Morgan fingerprint density at radius 2 is 2.00 bits per heavy atom. The lowest BCUT2D eigenvalue weighted by molar-refractivity contribution is 0.278. The standard InChI is InChI=1S/C28H30FN5O4S/c1-6-7-16(2)38-18-13-19-21(29)15-32-25(24(19)31-14-18)33-17-8-9-22-20(12-17)28(5)23(10-11-37-22)39(35,36)27(3,4)26(30)34-28/h8-9,12-16,23H,10-11H2,1-5H3,(H2,30,34)(H,32,33)/t16-,23+,28+/m0/s1. The fourth-order valence-electron chi connectivity index (χ4n) is 5.13. The van der Waals surface area contributed by atoms with Crippen molar-refractivity contribution in [3.63, 3.8) is 0 Å². The molecule has 9 nitrogen and oxygen atoms in total. The first-order valence-corrected chi connectivity index (χ1v) is 14.1. The van der Waals surface area contributed by atoms with Gasteiger partial charge in [-0.2, -0.15) is 0 Å². The summed E-state index contributed by atoms with van der Waals surface area (Å²) < 4.78 is 52.4. The minimum absolute atomic E-state index is 0.0557. The van der Waals surface area contributed by atoms with E-state index in [0.717, 1.165) is 6.20 Å². The van der Waals surface area contributed by atoms with Gasteiger partial charge >= 0.3 is 0 Å². The van der Waals surface area contributed by atoms with E-state index >= 15 is 0 Å². The van der Waals surface area contributed by atoms with Crippen molar-refractivity contribution in [1.29, 1.82) is 0 Å². The van der Waals surface area contributed by atoms with Crippen LogP contribution in [0.1, 0.15) is 46.6 Å². The third-order valence-electron chi connectivity index (χ3n) is 7.42. The van der Waals surface area contributed by atoms with Gasteiger partial charge in [0.15, 0.2) is 27.6 Å². The number of hydrogen-bond donors (Lipinski definition) is 2. The first kappa shape index (κ1) is 26.7. The van der Waals surface area contributed by atoms with Crippen LogP contribution in [-0.2, 0) is 15.4 Å². The fraction of sp³-hybridized carbons (Fsp3) is 0.393. The molecule has 2 aliphatic heterocycles. The molecule has 204 valence electrons. The molecule has 0 fully saturated rings. The van der Waals surface area contributed by atoms with E-state index in [-0.39, 0.29) is 30.4 Å². The Bertz CT molecular complexity index is 1680. The molecule has 2 aliphatic rings. The topological polar surface area (TPSA) is 129 Å². The summed E-state index contributed by atoms with van der Waals surface area (Å²) >= 11 is 0. The largest absolute Gasteiger partial charge is 0.493 e. The molecule has 2 aromatic heterocycles. The molecule has 0 radical (unpaired) electrons. The van der Waals surface area contributed by atoms with Gasteiger partial charge < -0.3 is 20.5 Å². The van der Waals surface area contributed by atoms with Gasteiger partial charge in [0.05, 0.1) is 24.3 Å². The van der Waals surface area contributed by atoms with Gasteiger partial charge in [-0.25, -0.2) is 22.8 Å². The van der Waals surface area contributed by atoms with Crippen molar-refractivity contribution >= 4 is 38.1 Å². The van der Waals surface area contributed by atoms with E-state index in [1.54, 1.807) is 58.9 Å². The quantitative estimate of drug-likeness (QED) is 0.461. The molecule has 0 amide bonds. The van der Waals surface area contributed by atoms with E-state index in [1.807, 2.05) is 0 Å². The monoisotopic (exact) mass is 551 g/mol. The summed E-state index contributed by atoms with van der Waals surface area (Å²) in [7, 11) is -3.70. The number of hydrogen-bond acceptors (Lipinski definition) is 9. The highest BCUT2D eigenvalue weighted by atomic mass is 32.2. The second-order valence-corrected chi connectivity index (χ2v) is 13.0. The molecule has 39 heavy (non-hydrogen) atoms. The van der Waals surface area contributed by atoms with Crippen LogP contribution in [0.5, 0.6) is 11.5 Å². The summed E-state index contributed by atoms with van der Waals surface area (Å²) in [4.78, 5) is 13.4. The number of halogens is 1. The number of aliphatic imine (C=N–C) groups is 1. The van der Waals surface area contributed by atoms with Crippen LogP contribution in [-0.4, -0.2) is 46.9 Å². The predicted molar refractivity (Wildman–Crippen MR) is 149 cm³/mol. The fourth-order valence-corrected chi connectivity index (χ4v) is 7.37. The van der Waals surface area contributed by atoms with Crippen molar-refractivity contribution in [2.24, 2.45) is 10.7 Å². The Balaban J connectivity index is 1.56. The zero-order chi connectivity index (χ0) is 28.2. The van der Waals surface area contributed by atoms with Crippen LogP contribution in [0.3, 0.4) is 0 Å². The number of amidine groups is 1. The third-order valence-corrected chi connectivity index (χ3v) is 10.5. The summed E-state index contributed by atoms with van der Waals surface area (Å²) in [6, 6.07) is 6.86. The number of pyridine rings is 2. The molecule has 0 spiro atoms. The van der Waals surface area contributed by atoms with E-state index in [1.165, 1.54) is 6.20 Å². The Kier molecular flexibility index (Phi) is 6.42. The van der Waals surface area contributed by atoms with Crippen LogP contribution >= 0.6 is 0 Å². The van der Waals surface area contributed by atoms with E-state index in [4.69, 9.17) is 20.2 Å². The number of fused-ring (bicyclic) bond motifs is 4. The van der Waals surface area contributed by atoms with Gasteiger partial charge in [-0.05, 0) is 58.9 Å². The SMILES string of the molecule is CC#C[C@H](C)Oc1cnc2c(Nc3ccc4c(c3)[C@@]3(C)N=C(N)C(C)(C)S(=O)(=O)[C@@H]3CCO4)ncc(F)c2c1. The van der Waals surface area contributed by atoms with Crippen molar-refractivity contribution in [2.45, 2.75) is 62.7 Å². The molecule has 1 aromatic carbocycles. The second-order valence-electron chi connectivity index (χ2n) is 10.3. The van der Waals surface area contributed by atoms with E-state index in [0.29, 0.717) is 34.1 Å². The summed E-state index contributed by atoms with van der Waals surface area (Å²) in [5.41, 5.74) is 6.52. The van der Waals surface area contributed by atoms with Crippen LogP contribution < -0.4 is 20.5 Å². The summed E-state index contributed by atoms with van der Waals surface area (Å²) in [5, 5.41) is 2.60. The van der Waals surface area contributed by atoms with Gasteiger partial charge in [0.2, 0.25) is 0 Å².